The Morgan fingerprint density at radius 1 is 1.13 bits per heavy atom. The Bertz CT molecular complexity index is 1250. The lowest BCUT2D eigenvalue weighted by atomic mass is 9.82. The molecule has 2 aromatic carbocycles. The fraction of sp³-hybridized carbons (Fsp3) is 0.318. The molecule has 0 amide bonds. The molecule has 0 spiro atoms. The van der Waals surface area contributed by atoms with E-state index >= 15 is 0 Å². The van der Waals surface area contributed by atoms with Crippen molar-refractivity contribution in [3.8, 4) is 0 Å². The maximum absolute atomic E-state index is 14.4. The van der Waals surface area contributed by atoms with Gasteiger partial charge in [0.25, 0.3) is 5.78 Å². The minimum Gasteiger partial charge on any atom is -0.380 e. The standard InChI is InChI=1S/C22H21F2N5O/c1-22(11-30-12-22)6-5-14-7-16(24)9-17(8-14)28(2)20-18-10-15(23)3-4-19(18)29-13-25-27-21(29)26-20/h3-4,7-10,13H,5-6,11-12H2,1-2H3. The summed E-state index contributed by atoms with van der Waals surface area (Å²) in [6.45, 7) is 3.67. The normalized spacial score (nSPS) is 15.5. The first kappa shape index (κ1) is 18.9. The molecule has 1 aliphatic heterocycles. The third-order valence-corrected chi connectivity index (χ3v) is 5.76. The van der Waals surface area contributed by atoms with Gasteiger partial charge in [-0.25, -0.2) is 8.78 Å². The predicted octanol–water partition coefficient (Wildman–Crippen LogP) is 4.29. The van der Waals surface area contributed by atoms with E-state index in [-0.39, 0.29) is 17.0 Å². The SMILES string of the molecule is CN(c1cc(F)cc(CCC2(C)COC2)c1)c1nc2nncn2c2ccc(F)cc12. The van der Waals surface area contributed by atoms with Gasteiger partial charge in [0.1, 0.15) is 23.8 Å². The molecule has 154 valence electrons. The number of fused-ring (bicyclic) bond motifs is 3. The van der Waals surface area contributed by atoms with Crippen LogP contribution in [-0.4, -0.2) is 39.8 Å². The van der Waals surface area contributed by atoms with Gasteiger partial charge in [-0.05, 0) is 54.8 Å². The number of aryl methyl sites for hydroxylation is 1. The molecule has 4 aromatic rings. The van der Waals surface area contributed by atoms with Crippen molar-refractivity contribution in [1.82, 2.24) is 19.6 Å². The molecule has 1 aliphatic rings. The Balaban J connectivity index is 1.56. The first-order valence-corrected chi connectivity index (χ1v) is 9.82. The van der Waals surface area contributed by atoms with Crippen LogP contribution in [0.2, 0.25) is 0 Å². The third-order valence-electron chi connectivity index (χ3n) is 5.76. The molecular weight excluding hydrogens is 388 g/mol. The Kier molecular flexibility index (Phi) is 4.39. The van der Waals surface area contributed by atoms with Crippen molar-refractivity contribution in [2.45, 2.75) is 19.8 Å². The predicted molar refractivity (Wildman–Crippen MR) is 110 cm³/mol. The highest BCUT2D eigenvalue weighted by atomic mass is 19.1. The van der Waals surface area contributed by atoms with Crippen molar-refractivity contribution < 1.29 is 13.5 Å². The van der Waals surface area contributed by atoms with E-state index < -0.39 is 0 Å². The van der Waals surface area contributed by atoms with Gasteiger partial charge >= 0.3 is 0 Å². The maximum atomic E-state index is 14.4. The molecular formula is C22H21F2N5O. The molecule has 0 unspecified atom stereocenters. The quantitative estimate of drug-likeness (QED) is 0.492. The summed E-state index contributed by atoms with van der Waals surface area (Å²) in [7, 11) is 1.79. The topological polar surface area (TPSA) is 55.5 Å². The number of hydrogen-bond acceptors (Lipinski definition) is 5. The number of halogens is 2. The summed E-state index contributed by atoms with van der Waals surface area (Å²) in [5.41, 5.74) is 2.43. The van der Waals surface area contributed by atoms with Crippen molar-refractivity contribution >= 4 is 28.2 Å². The Hall–Kier alpha value is -3.13. The fourth-order valence-electron chi connectivity index (χ4n) is 3.92. The van der Waals surface area contributed by atoms with Gasteiger partial charge in [0, 0.05) is 23.5 Å². The van der Waals surface area contributed by atoms with Crippen molar-refractivity contribution in [3.05, 3.63) is 59.9 Å². The van der Waals surface area contributed by atoms with Crippen LogP contribution in [0.15, 0.2) is 42.7 Å². The first-order chi connectivity index (χ1) is 14.4. The molecule has 1 fully saturated rings. The van der Waals surface area contributed by atoms with E-state index in [1.165, 1.54) is 24.5 Å². The minimum absolute atomic E-state index is 0.159. The number of anilines is 2. The number of aromatic nitrogens is 4. The first-order valence-electron chi connectivity index (χ1n) is 9.82. The van der Waals surface area contributed by atoms with Crippen LogP contribution in [-0.2, 0) is 11.2 Å². The lowest BCUT2D eigenvalue weighted by molar-refractivity contribution is -0.105. The van der Waals surface area contributed by atoms with Crippen molar-refractivity contribution in [2.24, 2.45) is 5.41 Å². The Morgan fingerprint density at radius 3 is 2.73 bits per heavy atom. The molecule has 3 heterocycles. The van der Waals surface area contributed by atoms with E-state index in [1.54, 1.807) is 28.5 Å². The van der Waals surface area contributed by atoms with Gasteiger partial charge in [0.05, 0.1) is 18.7 Å². The van der Waals surface area contributed by atoms with Crippen LogP contribution >= 0.6 is 0 Å². The third kappa shape index (κ3) is 3.27. The van der Waals surface area contributed by atoms with Crippen LogP contribution in [0.1, 0.15) is 18.9 Å². The number of ether oxygens (including phenoxy) is 1. The van der Waals surface area contributed by atoms with E-state index in [1.807, 2.05) is 6.07 Å². The molecule has 2 aromatic heterocycles. The highest BCUT2D eigenvalue weighted by molar-refractivity contribution is 5.93. The molecule has 0 saturated carbocycles. The monoisotopic (exact) mass is 409 g/mol. The van der Waals surface area contributed by atoms with Gasteiger partial charge in [0.2, 0.25) is 0 Å². The van der Waals surface area contributed by atoms with Gasteiger partial charge in [-0.2, -0.15) is 4.98 Å². The zero-order valence-electron chi connectivity index (χ0n) is 16.8. The van der Waals surface area contributed by atoms with Crippen molar-refractivity contribution in [1.29, 1.82) is 0 Å². The lowest BCUT2D eigenvalue weighted by Gasteiger charge is -2.38. The minimum atomic E-state index is -0.373. The van der Waals surface area contributed by atoms with Gasteiger partial charge in [0.15, 0.2) is 0 Å². The Labute approximate surface area is 172 Å². The average Bonchev–Trinajstić information content (AvgIpc) is 3.18. The van der Waals surface area contributed by atoms with E-state index in [2.05, 4.69) is 22.1 Å². The van der Waals surface area contributed by atoms with Gasteiger partial charge < -0.3 is 9.64 Å². The Morgan fingerprint density at radius 2 is 1.97 bits per heavy atom. The highest BCUT2D eigenvalue weighted by Crippen LogP contribution is 2.34. The molecule has 1 saturated heterocycles. The summed E-state index contributed by atoms with van der Waals surface area (Å²) in [4.78, 5) is 6.32. The lowest BCUT2D eigenvalue weighted by Crippen LogP contribution is -2.39. The summed E-state index contributed by atoms with van der Waals surface area (Å²) < 4.78 is 35.5. The summed E-state index contributed by atoms with van der Waals surface area (Å²) in [5.74, 6) is 0.192. The summed E-state index contributed by atoms with van der Waals surface area (Å²) >= 11 is 0. The molecule has 30 heavy (non-hydrogen) atoms. The summed E-state index contributed by atoms with van der Waals surface area (Å²) in [5, 5.41) is 8.53. The van der Waals surface area contributed by atoms with Gasteiger partial charge in [-0.3, -0.25) is 4.40 Å². The van der Waals surface area contributed by atoms with Crippen LogP contribution in [0.3, 0.4) is 0 Å². The van der Waals surface area contributed by atoms with Crippen molar-refractivity contribution in [3.63, 3.8) is 0 Å². The van der Waals surface area contributed by atoms with E-state index in [9.17, 15) is 8.78 Å². The van der Waals surface area contributed by atoms with E-state index in [4.69, 9.17) is 4.74 Å². The molecule has 0 atom stereocenters. The van der Waals surface area contributed by atoms with Crippen LogP contribution in [0, 0.1) is 17.0 Å². The zero-order valence-corrected chi connectivity index (χ0v) is 16.8. The van der Waals surface area contributed by atoms with Crippen LogP contribution < -0.4 is 4.90 Å². The summed E-state index contributed by atoms with van der Waals surface area (Å²) in [6, 6.07) is 9.44. The highest BCUT2D eigenvalue weighted by Gasteiger charge is 2.32. The molecule has 5 rings (SSSR count). The largest absolute Gasteiger partial charge is 0.380 e. The molecule has 0 bridgehead atoms. The van der Waals surface area contributed by atoms with Crippen LogP contribution in [0.25, 0.3) is 16.7 Å². The maximum Gasteiger partial charge on any atom is 0.257 e. The number of benzene rings is 2. The fourth-order valence-corrected chi connectivity index (χ4v) is 3.92. The van der Waals surface area contributed by atoms with Crippen molar-refractivity contribution in [2.75, 3.05) is 25.2 Å². The van der Waals surface area contributed by atoms with E-state index in [0.717, 1.165) is 37.1 Å². The van der Waals surface area contributed by atoms with Gasteiger partial charge in [-0.1, -0.05) is 6.92 Å². The summed E-state index contributed by atoms with van der Waals surface area (Å²) in [6.07, 6.45) is 3.22. The average molecular weight is 409 g/mol. The zero-order chi connectivity index (χ0) is 20.9. The number of nitrogens with zero attached hydrogens (tertiary/aromatic N) is 5. The molecule has 0 N–H and O–H groups in total. The smallest absolute Gasteiger partial charge is 0.257 e. The second-order valence-electron chi connectivity index (χ2n) is 8.28. The van der Waals surface area contributed by atoms with Crippen LogP contribution in [0.4, 0.5) is 20.3 Å². The molecule has 6 nitrogen and oxygen atoms in total. The van der Waals surface area contributed by atoms with E-state index in [0.29, 0.717) is 22.7 Å². The second kappa shape index (κ2) is 6.98. The molecule has 8 heteroatoms. The second-order valence-corrected chi connectivity index (χ2v) is 8.28. The molecule has 0 aliphatic carbocycles. The molecule has 0 radical (unpaired) electrons. The van der Waals surface area contributed by atoms with Gasteiger partial charge in [-0.15, -0.1) is 10.2 Å². The number of rotatable bonds is 5. The van der Waals surface area contributed by atoms with Crippen LogP contribution in [0.5, 0.6) is 0 Å². The number of hydrogen-bond donors (Lipinski definition) is 0.